The fourth-order valence-electron chi connectivity index (χ4n) is 2.42. The molecule has 3 N–H and O–H groups in total. The van der Waals surface area contributed by atoms with Crippen molar-refractivity contribution < 1.29 is 9.90 Å². The van der Waals surface area contributed by atoms with Gasteiger partial charge in [-0.2, -0.15) is 0 Å². The van der Waals surface area contributed by atoms with Gasteiger partial charge in [-0.3, -0.25) is 9.69 Å². The number of nitrogens with zero attached hydrogens (tertiary/aromatic N) is 1. The molecule has 0 saturated carbocycles. The maximum atomic E-state index is 10.8. The Labute approximate surface area is 107 Å². The summed E-state index contributed by atoms with van der Waals surface area (Å²) in [7, 11) is 0. The molecule has 0 bridgehead atoms. The van der Waals surface area contributed by atoms with Gasteiger partial charge in [-0.05, 0) is 43.5 Å². The first-order valence-electron chi connectivity index (χ1n) is 6.44. The van der Waals surface area contributed by atoms with E-state index < -0.39 is 12.0 Å². The fourth-order valence-corrected chi connectivity index (χ4v) is 2.42. The molecule has 0 amide bonds. The van der Waals surface area contributed by atoms with Gasteiger partial charge in [-0.25, -0.2) is 0 Å². The number of likely N-dealkylation sites (tertiary alicyclic amines) is 1. The minimum Gasteiger partial charge on any atom is -0.480 e. The Hall–Kier alpha value is -1.39. The minimum atomic E-state index is -0.939. The predicted molar refractivity (Wildman–Crippen MR) is 70.3 cm³/mol. The lowest BCUT2D eigenvalue weighted by molar-refractivity contribution is -0.138. The van der Waals surface area contributed by atoms with Crippen LogP contribution in [0.15, 0.2) is 24.3 Å². The first-order chi connectivity index (χ1) is 8.66. The number of aliphatic carboxylic acids is 1. The third-order valence-electron chi connectivity index (χ3n) is 3.47. The van der Waals surface area contributed by atoms with Crippen LogP contribution in [0.25, 0.3) is 0 Å². The van der Waals surface area contributed by atoms with Gasteiger partial charge < -0.3 is 10.8 Å². The molecule has 0 aliphatic carbocycles. The Morgan fingerprint density at radius 2 is 1.89 bits per heavy atom. The third kappa shape index (κ3) is 3.31. The molecule has 4 heteroatoms. The van der Waals surface area contributed by atoms with Gasteiger partial charge in [0.15, 0.2) is 0 Å². The van der Waals surface area contributed by atoms with E-state index in [1.54, 1.807) is 0 Å². The van der Waals surface area contributed by atoms with E-state index in [4.69, 9.17) is 10.8 Å². The second-order valence-electron chi connectivity index (χ2n) is 4.90. The molecule has 1 fully saturated rings. The van der Waals surface area contributed by atoms with Gasteiger partial charge in [-0.1, -0.05) is 24.3 Å². The molecular weight excluding hydrogens is 228 g/mol. The van der Waals surface area contributed by atoms with Crippen LogP contribution in [0.4, 0.5) is 0 Å². The van der Waals surface area contributed by atoms with Gasteiger partial charge in [0, 0.05) is 6.54 Å². The fraction of sp³-hybridized carbons (Fsp3) is 0.500. The molecule has 2 rings (SSSR count). The van der Waals surface area contributed by atoms with E-state index in [0.29, 0.717) is 6.42 Å². The summed E-state index contributed by atoms with van der Waals surface area (Å²) < 4.78 is 0. The highest BCUT2D eigenvalue weighted by Crippen LogP contribution is 2.17. The van der Waals surface area contributed by atoms with Crippen LogP contribution in [0.2, 0.25) is 0 Å². The molecular formula is C14H20N2O2. The number of hydrogen-bond acceptors (Lipinski definition) is 3. The average molecular weight is 248 g/mol. The molecule has 98 valence electrons. The van der Waals surface area contributed by atoms with E-state index in [1.807, 2.05) is 18.2 Å². The number of carboxylic acids is 1. The van der Waals surface area contributed by atoms with E-state index in [9.17, 15) is 4.79 Å². The average Bonchev–Trinajstić information content (AvgIpc) is 2.84. The van der Waals surface area contributed by atoms with Crippen LogP contribution in [-0.4, -0.2) is 35.1 Å². The normalized spacial score (nSPS) is 17.8. The molecule has 18 heavy (non-hydrogen) atoms. The lowest BCUT2D eigenvalue weighted by atomic mass is 10.0. The Bertz CT molecular complexity index is 414. The Kier molecular flexibility index (Phi) is 4.33. The first-order valence-corrected chi connectivity index (χ1v) is 6.44. The summed E-state index contributed by atoms with van der Waals surface area (Å²) in [5, 5.41) is 8.88. The molecule has 1 heterocycles. The summed E-state index contributed by atoms with van der Waals surface area (Å²) in [6.07, 6.45) is 2.92. The monoisotopic (exact) mass is 248 g/mol. The molecule has 1 atom stereocenters. The first kappa shape index (κ1) is 13.1. The molecule has 1 aromatic carbocycles. The Morgan fingerprint density at radius 3 is 2.50 bits per heavy atom. The highest BCUT2D eigenvalue weighted by Gasteiger charge is 2.17. The van der Waals surface area contributed by atoms with Crippen molar-refractivity contribution in [1.82, 2.24) is 4.90 Å². The summed E-state index contributed by atoms with van der Waals surface area (Å²) in [6, 6.07) is 7.18. The molecule has 1 unspecified atom stereocenters. The van der Waals surface area contributed by atoms with Crippen molar-refractivity contribution in [2.45, 2.75) is 31.8 Å². The number of carbonyl (C=O) groups is 1. The van der Waals surface area contributed by atoms with Crippen molar-refractivity contribution in [3.8, 4) is 0 Å². The zero-order valence-corrected chi connectivity index (χ0v) is 10.5. The number of nitrogens with two attached hydrogens (primary N) is 1. The molecule has 1 saturated heterocycles. The van der Waals surface area contributed by atoms with E-state index in [2.05, 4.69) is 11.0 Å². The van der Waals surface area contributed by atoms with E-state index in [0.717, 1.165) is 25.2 Å². The smallest absolute Gasteiger partial charge is 0.320 e. The molecule has 1 aromatic rings. The molecule has 0 aromatic heterocycles. The molecule has 4 nitrogen and oxygen atoms in total. The van der Waals surface area contributed by atoms with Gasteiger partial charge in [0.25, 0.3) is 0 Å². The molecule has 0 spiro atoms. The van der Waals surface area contributed by atoms with Gasteiger partial charge in [0.05, 0.1) is 0 Å². The van der Waals surface area contributed by atoms with Crippen LogP contribution < -0.4 is 5.73 Å². The largest absolute Gasteiger partial charge is 0.480 e. The van der Waals surface area contributed by atoms with Crippen LogP contribution in [0.5, 0.6) is 0 Å². The highest BCUT2D eigenvalue weighted by molar-refractivity contribution is 5.73. The van der Waals surface area contributed by atoms with Gasteiger partial charge in [-0.15, -0.1) is 0 Å². The van der Waals surface area contributed by atoms with E-state index >= 15 is 0 Å². The van der Waals surface area contributed by atoms with Crippen LogP contribution in [0, 0.1) is 0 Å². The van der Waals surface area contributed by atoms with Crippen molar-refractivity contribution >= 4 is 5.97 Å². The Morgan fingerprint density at radius 1 is 1.28 bits per heavy atom. The maximum absolute atomic E-state index is 10.8. The van der Waals surface area contributed by atoms with Gasteiger partial charge in [0.2, 0.25) is 0 Å². The molecule has 0 radical (unpaired) electrons. The van der Waals surface area contributed by atoms with Crippen molar-refractivity contribution in [1.29, 1.82) is 0 Å². The number of benzene rings is 1. The number of hydrogen-bond donors (Lipinski definition) is 2. The molecule has 1 aliphatic heterocycles. The predicted octanol–water partition coefficient (Wildman–Crippen LogP) is 1.24. The summed E-state index contributed by atoms with van der Waals surface area (Å²) in [5.74, 6) is -0.939. The SMILES string of the molecule is NC(Cc1ccccc1CN1CCCC1)C(=O)O. The van der Waals surface area contributed by atoms with Crippen LogP contribution in [-0.2, 0) is 17.8 Å². The molecule has 1 aliphatic rings. The standard InChI is InChI=1S/C14H20N2O2/c15-13(14(17)18)9-11-5-1-2-6-12(11)10-16-7-3-4-8-16/h1-2,5-6,13H,3-4,7-10,15H2,(H,17,18). The third-order valence-corrected chi connectivity index (χ3v) is 3.47. The van der Waals surface area contributed by atoms with E-state index in [-0.39, 0.29) is 0 Å². The maximum Gasteiger partial charge on any atom is 0.320 e. The zero-order chi connectivity index (χ0) is 13.0. The zero-order valence-electron chi connectivity index (χ0n) is 10.5. The summed E-state index contributed by atoms with van der Waals surface area (Å²) >= 11 is 0. The van der Waals surface area contributed by atoms with Crippen LogP contribution in [0.1, 0.15) is 24.0 Å². The summed E-state index contributed by atoms with van der Waals surface area (Å²) in [4.78, 5) is 13.2. The Balaban J connectivity index is 2.06. The quantitative estimate of drug-likeness (QED) is 0.822. The second kappa shape index (κ2) is 5.98. The van der Waals surface area contributed by atoms with Crippen molar-refractivity contribution in [2.24, 2.45) is 5.73 Å². The van der Waals surface area contributed by atoms with Crippen molar-refractivity contribution in [3.63, 3.8) is 0 Å². The van der Waals surface area contributed by atoms with E-state index in [1.165, 1.54) is 18.4 Å². The van der Waals surface area contributed by atoms with Gasteiger partial charge in [0.1, 0.15) is 6.04 Å². The van der Waals surface area contributed by atoms with Crippen LogP contribution >= 0.6 is 0 Å². The topological polar surface area (TPSA) is 66.6 Å². The van der Waals surface area contributed by atoms with Crippen molar-refractivity contribution in [2.75, 3.05) is 13.1 Å². The lowest BCUT2D eigenvalue weighted by Gasteiger charge is -2.18. The lowest BCUT2D eigenvalue weighted by Crippen LogP contribution is -2.32. The minimum absolute atomic E-state index is 0.402. The second-order valence-corrected chi connectivity index (χ2v) is 4.90. The summed E-state index contributed by atoms with van der Waals surface area (Å²) in [6.45, 7) is 3.18. The number of rotatable bonds is 5. The number of carboxylic acid groups (broad SMARTS) is 1. The summed E-state index contributed by atoms with van der Waals surface area (Å²) in [5.41, 5.74) is 7.87. The highest BCUT2D eigenvalue weighted by atomic mass is 16.4. The van der Waals surface area contributed by atoms with Crippen LogP contribution in [0.3, 0.4) is 0 Å². The van der Waals surface area contributed by atoms with Gasteiger partial charge >= 0.3 is 5.97 Å². The van der Waals surface area contributed by atoms with Crippen molar-refractivity contribution in [3.05, 3.63) is 35.4 Å².